The number of aromatic amines is 1. The van der Waals surface area contributed by atoms with Crippen molar-refractivity contribution in [2.24, 2.45) is 0 Å². The number of ether oxygens (including phenoxy) is 1. The van der Waals surface area contributed by atoms with Gasteiger partial charge < -0.3 is 10.1 Å². The molecule has 0 atom stereocenters. The topological polar surface area (TPSA) is 106 Å². The van der Waals surface area contributed by atoms with Crippen molar-refractivity contribution >= 4 is 46.0 Å². The number of halogens is 1. The maximum Gasteiger partial charge on any atom is 0.250 e. The summed E-state index contributed by atoms with van der Waals surface area (Å²) in [6.45, 7) is 0.0735. The number of H-pyrrole nitrogens is 1. The second-order valence-corrected chi connectivity index (χ2v) is 4.97. The normalized spacial score (nSPS) is 10.9. The summed E-state index contributed by atoms with van der Waals surface area (Å²) in [6, 6.07) is 3.34. The molecule has 0 aliphatic heterocycles. The second-order valence-electron chi connectivity index (χ2n) is 4.03. The number of aromatic nitrogens is 5. The van der Waals surface area contributed by atoms with Crippen LogP contribution in [0.15, 0.2) is 18.5 Å². The first-order valence-electron chi connectivity index (χ1n) is 5.86. The van der Waals surface area contributed by atoms with E-state index in [1.54, 1.807) is 12.1 Å². The first-order chi connectivity index (χ1) is 10.2. The predicted octanol–water partition coefficient (Wildman–Crippen LogP) is 1.62. The zero-order chi connectivity index (χ0) is 14.7. The standard InChI is InChI=1S/C11H9ClN6O2S/c12-6-1-2-7(11-10(6)17-21-18-11)15-9(19)4-20-3-8-13-5-14-16-8/h1-2,5H,3-4H2,(H,15,19)(H,13,14,16). The average Bonchev–Trinajstić information content (AvgIpc) is 3.13. The van der Waals surface area contributed by atoms with E-state index in [2.05, 4.69) is 29.2 Å². The summed E-state index contributed by atoms with van der Waals surface area (Å²) in [4.78, 5) is 15.7. The summed E-state index contributed by atoms with van der Waals surface area (Å²) >= 11 is 7.04. The highest BCUT2D eigenvalue weighted by molar-refractivity contribution is 7.00. The summed E-state index contributed by atoms with van der Waals surface area (Å²) in [5.41, 5.74) is 1.69. The molecule has 2 heterocycles. The van der Waals surface area contributed by atoms with E-state index in [4.69, 9.17) is 16.3 Å². The number of carbonyl (C=O) groups is 1. The van der Waals surface area contributed by atoms with E-state index in [9.17, 15) is 4.79 Å². The van der Waals surface area contributed by atoms with Crippen molar-refractivity contribution < 1.29 is 9.53 Å². The maximum atomic E-state index is 11.8. The Morgan fingerprint density at radius 3 is 3.05 bits per heavy atom. The molecule has 0 saturated heterocycles. The zero-order valence-electron chi connectivity index (χ0n) is 10.5. The number of carbonyl (C=O) groups excluding carboxylic acids is 1. The van der Waals surface area contributed by atoms with Crippen molar-refractivity contribution in [2.75, 3.05) is 11.9 Å². The highest BCUT2D eigenvalue weighted by atomic mass is 35.5. The zero-order valence-corrected chi connectivity index (χ0v) is 12.1. The third-order valence-electron chi connectivity index (χ3n) is 2.58. The Kier molecular flexibility index (Phi) is 4.04. The van der Waals surface area contributed by atoms with Crippen LogP contribution in [0.2, 0.25) is 5.02 Å². The first-order valence-corrected chi connectivity index (χ1v) is 6.97. The van der Waals surface area contributed by atoms with Crippen LogP contribution in [0.1, 0.15) is 5.82 Å². The highest BCUT2D eigenvalue weighted by Gasteiger charge is 2.11. The predicted molar refractivity (Wildman–Crippen MR) is 77.1 cm³/mol. The number of nitrogens with one attached hydrogen (secondary N) is 2. The maximum absolute atomic E-state index is 11.8. The van der Waals surface area contributed by atoms with Gasteiger partial charge >= 0.3 is 0 Å². The lowest BCUT2D eigenvalue weighted by molar-refractivity contribution is -0.121. The minimum atomic E-state index is -0.300. The van der Waals surface area contributed by atoms with Gasteiger partial charge in [-0.05, 0) is 12.1 Å². The molecule has 0 aliphatic rings. The molecular formula is C11H9ClN6O2S. The monoisotopic (exact) mass is 324 g/mol. The molecular weight excluding hydrogens is 316 g/mol. The van der Waals surface area contributed by atoms with Gasteiger partial charge in [0.15, 0.2) is 0 Å². The molecule has 3 aromatic rings. The van der Waals surface area contributed by atoms with Crippen molar-refractivity contribution in [1.29, 1.82) is 0 Å². The van der Waals surface area contributed by atoms with Gasteiger partial charge in [-0.1, -0.05) is 11.6 Å². The molecule has 108 valence electrons. The molecule has 3 rings (SSSR count). The third-order valence-corrected chi connectivity index (χ3v) is 3.41. The van der Waals surface area contributed by atoms with Crippen molar-refractivity contribution in [1.82, 2.24) is 23.9 Å². The summed E-state index contributed by atoms with van der Waals surface area (Å²) < 4.78 is 13.4. The lowest BCUT2D eigenvalue weighted by Gasteiger charge is -2.06. The van der Waals surface area contributed by atoms with E-state index in [0.717, 1.165) is 11.7 Å². The van der Waals surface area contributed by atoms with Crippen LogP contribution in [0.3, 0.4) is 0 Å². The smallest absolute Gasteiger partial charge is 0.250 e. The number of amides is 1. The van der Waals surface area contributed by atoms with E-state index in [1.165, 1.54) is 6.33 Å². The fourth-order valence-corrected chi connectivity index (χ4v) is 2.48. The number of hydrogen-bond donors (Lipinski definition) is 2. The van der Waals surface area contributed by atoms with Gasteiger partial charge in [0.1, 0.15) is 36.4 Å². The minimum absolute atomic E-state index is 0.109. The molecule has 1 amide bonds. The summed E-state index contributed by atoms with van der Waals surface area (Å²) in [5, 5.41) is 9.53. The molecule has 0 aliphatic carbocycles. The minimum Gasteiger partial charge on any atom is -0.364 e. The van der Waals surface area contributed by atoms with Gasteiger partial charge in [-0.15, -0.1) is 0 Å². The molecule has 0 radical (unpaired) electrons. The summed E-state index contributed by atoms with van der Waals surface area (Å²) in [6.07, 6.45) is 1.37. The van der Waals surface area contributed by atoms with Crippen LogP contribution in [0.4, 0.5) is 5.69 Å². The Bertz CT molecular complexity index is 759. The largest absolute Gasteiger partial charge is 0.364 e. The number of hydrogen-bond acceptors (Lipinski definition) is 7. The average molecular weight is 325 g/mol. The first kappa shape index (κ1) is 13.9. The van der Waals surface area contributed by atoms with Crippen molar-refractivity contribution in [3.63, 3.8) is 0 Å². The van der Waals surface area contributed by atoms with E-state index < -0.39 is 0 Å². The van der Waals surface area contributed by atoms with Crippen LogP contribution >= 0.6 is 23.3 Å². The molecule has 2 N–H and O–H groups in total. The number of anilines is 1. The van der Waals surface area contributed by atoms with Gasteiger partial charge in [0.2, 0.25) is 5.91 Å². The second kappa shape index (κ2) is 6.12. The van der Waals surface area contributed by atoms with Crippen molar-refractivity contribution in [2.45, 2.75) is 6.61 Å². The van der Waals surface area contributed by atoms with Gasteiger partial charge in [0.25, 0.3) is 0 Å². The molecule has 0 fully saturated rings. The number of fused-ring (bicyclic) bond motifs is 1. The Labute approximate surface area is 127 Å². The van der Waals surface area contributed by atoms with Crippen molar-refractivity contribution in [3.05, 3.63) is 29.3 Å². The van der Waals surface area contributed by atoms with Gasteiger partial charge in [-0.3, -0.25) is 9.89 Å². The van der Waals surface area contributed by atoms with Crippen LogP contribution in [-0.2, 0) is 16.1 Å². The summed E-state index contributed by atoms with van der Waals surface area (Å²) in [5.74, 6) is 0.256. The Balaban J connectivity index is 1.61. The summed E-state index contributed by atoms with van der Waals surface area (Å²) in [7, 11) is 0. The van der Waals surface area contributed by atoms with Gasteiger partial charge in [0, 0.05) is 0 Å². The van der Waals surface area contributed by atoms with Crippen LogP contribution in [0.5, 0.6) is 0 Å². The highest BCUT2D eigenvalue weighted by Crippen LogP contribution is 2.27. The molecule has 0 spiro atoms. The molecule has 2 aromatic heterocycles. The molecule has 0 unspecified atom stereocenters. The Morgan fingerprint density at radius 1 is 1.38 bits per heavy atom. The van der Waals surface area contributed by atoms with Crippen LogP contribution in [0.25, 0.3) is 11.0 Å². The van der Waals surface area contributed by atoms with E-state index in [0.29, 0.717) is 27.6 Å². The lowest BCUT2D eigenvalue weighted by atomic mass is 10.2. The van der Waals surface area contributed by atoms with E-state index >= 15 is 0 Å². The fourth-order valence-electron chi connectivity index (χ4n) is 1.66. The SMILES string of the molecule is O=C(COCc1ncn[nH]1)Nc1ccc(Cl)c2nsnc12. The molecule has 10 heteroatoms. The molecule has 8 nitrogen and oxygen atoms in total. The lowest BCUT2D eigenvalue weighted by Crippen LogP contribution is -2.18. The third kappa shape index (κ3) is 3.15. The van der Waals surface area contributed by atoms with Crippen LogP contribution in [-0.4, -0.2) is 36.4 Å². The molecule has 0 saturated carbocycles. The van der Waals surface area contributed by atoms with Crippen LogP contribution < -0.4 is 5.32 Å². The Hall–Kier alpha value is -2.10. The quantitative estimate of drug-likeness (QED) is 0.738. The van der Waals surface area contributed by atoms with E-state index in [1.807, 2.05) is 0 Å². The van der Waals surface area contributed by atoms with Crippen LogP contribution in [0, 0.1) is 0 Å². The number of nitrogens with zero attached hydrogens (tertiary/aromatic N) is 4. The molecule has 21 heavy (non-hydrogen) atoms. The molecule has 1 aromatic carbocycles. The van der Waals surface area contributed by atoms with Crippen molar-refractivity contribution in [3.8, 4) is 0 Å². The van der Waals surface area contributed by atoms with E-state index in [-0.39, 0.29) is 19.1 Å². The Morgan fingerprint density at radius 2 is 2.24 bits per heavy atom. The number of benzene rings is 1. The van der Waals surface area contributed by atoms with Gasteiger partial charge in [0.05, 0.1) is 22.4 Å². The molecule has 0 bridgehead atoms. The van der Waals surface area contributed by atoms with Gasteiger partial charge in [-0.25, -0.2) is 4.98 Å². The number of rotatable bonds is 5. The fraction of sp³-hybridized carbons (Fsp3) is 0.182. The van der Waals surface area contributed by atoms with Gasteiger partial charge in [-0.2, -0.15) is 13.8 Å².